The molecule has 12 N–H and O–H groups in total. The van der Waals surface area contributed by atoms with Crippen molar-refractivity contribution in [3.05, 3.63) is 0 Å². The maximum absolute atomic E-state index is 7.45. The van der Waals surface area contributed by atoms with Crippen molar-refractivity contribution in [2.75, 3.05) is 0 Å². The van der Waals surface area contributed by atoms with Crippen LogP contribution in [-0.2, 0) is 24.8 Å². The van der Waals surface area contributed by atoms with Gasteiger partial charge in [0.1, 0.15) is 4.82 Å². The molecule has 0 spiro atoms. The van der Waals surface area contributed by atoms with Crippen molar-refractivity contribution in [3.63, 3.8) is 0 Å². The van der Waals surface area contributed by atoms with Crippen molar-refractivity contribution < 1.29 is 77.8 Å². The van der Waals surface area contributed by atoms with E-state index in [1.807, 2.05) is 0 Å². The molecule has 0 unspecified atom stereocenters. The molecule has 0 saturated carbocycles. The van der Waals surface area contributed by atoms with Gasteiger partial charge in [0.2, 0.25) is 0 Å². The maximum Gasteiger partial charge on any atom is 0.198 e. The highest BCUT2D eigenvalue weighted by Crippen LogP contribution is 1.83. The van der Waals surface area contributed by atoms with E-state index >= 15 is 0 Å². The fourth-order valence-electron chi connectivity index (χ4n) is 0.0373. The van der Waals surface area contributed by atoms with Crippen LogP contribution in [0.15, 0.2) is 0 Å². The molecule has 15 nitrogen and oxygen atoms in total. The lowest BCUT2D eigenvalue weighted by molar-refractivity contribution is -0.902. The lowest BCUT2D eigenvalue weighted by atomic mass is 14.1. The summed E-state index contributed by atoms with van der Waals surface area (Å²) >= 11 is 0. The second-order valence-corrected chi connectivity index (χ2v) is 0.686. The highest BCUT2D eigenvalue weighted by Gasteiger charge is 2.04. The third-order valence-corrected chi connectivity index (χ3v) is 0.119. The average Bonchev–Trinajstić information content (AvgIpc) is 2.03. The summed E-state index contributed by atoms with van der Waals surface area (Å²) in [5.41, 5.74) is 0. The molecule has 0 heterocycles. The first-order chi connectivity index (χ1) is 6.00. The van der Waals surface area contributed by atoms with Crippen LogP contribution in [0.4, 0.5) is 0 Å². The Labute approximate surface area is 79.2 Å². The summed E-state index contributed by atoms with van der Waals surface area (Å²) in [6, 6.07) is 0. The van der Waals surface area contributed by atoms with Crippen LogP contribution in [-0.4, -0.2) is 53.0 Å². The second-order valence-electron chi connectivity index (χ2n) is 0.686. The Morgan fingerprint density at radius 2 is 1.07 bits per heavy atom. The van der Waals surface area contributed by atoms with Gasteiger partial charge in [0.25, 0.3) is 0 Å². The van der Waals surface area contributed by atoms with E-state index < -0.39 is 4.82 Å². The highest BCUT2D eigenvalue weighted by molar-refractivity contribution is 2.98. The first kappa shape index (κ1) is 29.3. The van der Waals surface area contributed by atoms with Crippen molar-refractivity contribution in [1.82, 2.24) is 0 Å². The molecule has 0 aromatic carbocycles. The van der Waals surface area contributed by atoms with Crippen molar-refractivity contribution in [2.45, 2.75) is 0 Å². The van der Waals surface area contributed by atoms with Gasteiger partial charge in [0.05, 0.1) is 0 Å². The zero-order valence-corrected chi connectivity index (χ0v) is 6.62. The lowest BCUT2D eigenvalue weighted by Gasteiger charge is -1.85. The molecule has 0 fully saturated rings. The number of hydrogen-bond acceptors (Lipinski definition) is 11. The van der Waals surface area contributed by atoms with Crippen LogP contribution in [0.25, 0.3) is 0 Å². The van der Waals surface area contributed by atoms with Gasteiger partial charge < -0.3 is 11.0 Å². The Morgan fingerprint density at radius 3 is 1.13 bits per heavy atom. The lowest BCUT2D eigenvalue weighted by Crippen LogP contribution is -2.05. The fourth-order valence-corrected chi connectivity index (χ4v) is 0.0373. The van der Waals surface area contributed by atoms with Gasteiger partial charge in [0, 0.05) is 5.04 Å². The quantitative estimate of drug-likeness (QED) is 0.156. The van der Waals surface area contributed by atoms with Crippen molar-refractivity contribution in [2.24, 2.45) is 0 Å². The Bertz CT molecular complexity index is 50.3. The smallest absolute Gasteiger partial charge is 0.198 e. The Kier molecular flexibility index (Phi) is 57.0. The molecule has 0 aliphatic rings. The van der Waals surface area contributed by atoms with E-state index in [4.69, 9.17) is 42.1 Å². The van der Waals surface area contributed by atoms with Gasteiger partial charge in [0.15, 0.2) is 9.86 Å². The summed E-state index contributed by atoms with van der Waals surface area (Å²) in [7, 11) is 0. The van der Waals surface area contributed by atoms with Crippen LogP contribution in [0.1, 0.15) is 0 Å². The molecule has 15 heteroatoms. The summed E-state index contributed by atoms with van der Waals surface area (Å²) in [6.07, 6.45) is 0. The Hall–Kier alpha value is -0.600. The van der Waals surface area contributed by atoms with Gasteiger partial charge in [-0.2, -0.15) is 0 Å². The molecule has 0 saturated heterocycles. The van der Waals surface area contributed by atoms with E-state index in [1.54, 1.807) is 0 Å². The van der Waals surface area contributed by atoms with Gasteiger partial charge in [-0.1, -0.05) is 0 Å². The van der Waals surface area contributed by atoms with Crippen LogP contribution < -0.4 is 0 Å². The van der Waals surface area contributed by atoms with E-state index in [0.29, 0.717) is 0 Å². The third kappa shape index (κ3) is 151. The zero-order chi connectivity index (χ0) is 11.3. The van der Waals surface area contributed by atoms with Gasteiger partial charge in [-0.25, -0.2) is 5.26 Å². The maximum atomic E-state index is 7.45. The van der Waals surface area contributed by atoms with Gasteiger partial charge in [-0.15, -0.1) is 0 Å². The predicted molar refractivity (Wildman–Crippen MR) is 33.7 cm³/mol. The molecule has 0 atom stereocenters. The van der Waals surface area contributed by atoms with Crippen LogP contribution in [0.5, 0.6) is 0 Å². The van der Waals surface area contributed by atoms with Crippen LogP contribution in [0.3, 0.4) is 0 Å². The topological polar surface area (TPSA) is 258 Å². The first-order valence-corrected chi connectivity index (χ1v) is 1.80. The average molecular weight is 252 g/mol. The Morgan fingerprint density at radius 1 is 0.800 bits per heavy atom. The molecule has 0 aliphatic carbocycles. The molecule has 0 amide bonds. The minimum absolute atomic E-state index is 0. The van der Waals surface area contributed by atoms with E-state index in [9.17, 15) is 0 Å². The van der Waals surface area contributed by atoms with E-state index in [-0.39, 0.29) is 15.8 Å². The third-order valence-electron chi connectivity index (χ3n) is 0.119. The van der Waals surface area contributed by atoms with Crippen molar-refractivity contribution in [3.8, 4) is 0 Å². The molecule has 0 bridgehead atoms. The minimum Gasteiger partial charge on any atom is -0.412 e. The molecule has 15 heavy (non-hydrogen) atoms. The Balaban J connectivity index is -0.0000000367. The molecule has 0 aliphatic heterocycles. The molecule has 0 aromatic rings. The zero-order valence-electron chi connectivity index (χ0n) is 6.62. The van der Waals surface area contributed by atoms with Crippen LogP contribution >= 0.6 is 0 Å². The predicted octanol–water partition coefficient (Wildman–Crippen LogP) is -1.92. The molecule has 0 rings (SSSR count). The second kappa shape index (κ2) is 29.2. The largest absolute Gasteiger partial charge is 0.412 e. The van der Waals surface area contributed by atoms with E-state index in [0.717, 1.165) is 0 Å². The molecule has 0 radical (unpaired) electrons. The van der Waals surface area contributed by atoms with Crippen molar-refractivity contribution in [1.29, 1.82) is 0 Å². The molecular formula is H12O15+2. The van der Waals surface area contributed by atoms with Gasteiger partial charge in [-0.05, 0) is 31.3 Å². The molecular weight excluding hydrogens is 240 g/mol. The van der Waals surface area contributed by atoms with E-state index in [1.165, 1.54) is 0 Å². The normalized spacial score (nSPS) is 7.60. The summed E-state index contributed by atoms with van der Waals surface area (Å²) in [5.74, 6) is 0. The van der Waals surface area contributed by atoms with Crippen molar-refractivity contribution >= 4 is 0 Å². The SMILES string of the molecule is O.O.OO.OOOO[O+](O)O.O[O+](O)O. The standard InChI is InChI=1S/H2O7.H3O4.H2O2.2H2O/c1-4-5-6-7(2)3;1-4(2)3;1-2;;/h2-3H;1-3H;1-2H;2*1H2/q;+1;;;/p+1. The van der Waals surface area contributed by atoms with Crippen LogP contribution in [0.2, 0.25) is 0 Å². The monoisotopic (exact) mass is 252 g/mol. The van der Waals surface area contributed by atoms with Gasteiger partial charge >= 0.3 is 0 Å². The minimum atomic E-state index is -0.417. The summed E-state index contributed by atoms with van der Waals surface area (Å²) < 4.78 is 0. The molecule has 100 valence electrons. The number of rotatable bonds is 3. The summed E-state index contributed by atoms with van der Waals surface area (Å²) in [6.45, 7) is 0. The first-order valence-electron chi connectivity index (χ1n) is 1.80. The fraction of sp³-hybridized carbons (Fsp3) is 0. The summed E-state index contributed by atoms with van der Waals surface area (Å²) in [4.78, 5) is -0.558. The van der Waals surface area contributed by atoms with Crippen LogP contribution in [0, 0.1) is 0 Å². The van der Waals surface area contributed by atoms with Gasteiger partial charge in [-0.3, -0.25) is 10.5 Å². The summed E-state index contributed by atoms with van der Waals surface area (Å²) in [5, 5.41) is 63.7. The van der Waals surface area contributed by atoms with E-state index in [2.05, 4.69) is 15.1 Å². The number of hydrogen-bond donors (Lipinski definition) is 8. The molecule has 0 aromatic heterocycles. The highest BCUT2D eigenvalue weighted by atomic mass is 17.9.